The Morgan fingerprint density at radius 1 is 1.33 bits per heavy atom. The lowest BCUT2D eigenvalue weighted by atomic mass is 10.1. The van der Waals surface area contributed by atoms with Gasteiger partial charge in [0.2, 0.25) is 0 Å². The normalized spacial score (nSPS) is 16.6. The summed E-state index contributed by atoms with van der Waals surface area (Å²) >= 11 is 3.16. The summed E-state index contributed by atoms with van der Waals surface area (Å²) in [6.07, 6.45) is 3.02. The van der Waals surface area contributed by atoms with Crippen LogP contribution in [0, 0.1) is 5.82 Å². The van der Waals surface area contributed by atoms with Crippen LogP contribution in [-0.2, 0) is 0 Å². The van der Waals surface area contributed by atoms with Crippen molar-refractivity contribution < 1.29 is 9.18 Å². The number of hydrogen-bond acceptors (Lipinski definition) is 7. The number of benzene rings is 1. The molecule has 1 aliphatic rings. The van der Waals surface area contributed by atoms with Crippen LogP contribution >= 0.6 is 23.1 Å². The highest BCUT2D eigenvalue weighted by atomic mass is 32.2. The van der Waals surface area contributed by atoms with Crippen molar-refractivity contribution in [3.8, 4) is 10.4 Å². The zero-order valence-corrected chi connectivity index (χ0v) is 16.6. The van der Waals surface area contributed by atoms with Gasteiger partial charge in [-0.15, -0.1) is 21.5 Å². The van der Waals surface area contributed by atoms with Crippen LogP contribution in [-0.4, -0.2) is 41.9 Å². The van der Waals surface area contributed by atoms with Gasteiger partial charge in [0, 0.05) is 22.1 Å². The monoisotopic (exact) mass is 404 g/mol. The number of nitrogens with one attached hydrogen (secondary N) is 1. The molecule has 2 aromatic heterocycles. The van der Waals surface area contributed by atoms with E-state index in [4.69, 9.17) is 0 Å². The van der Waals surface area contributed by atoms with E-state index >= 15 is 0 Å². The van der Waals surface area contributed by atoms with Gasteiger partial charge in [-0.05, 0) is 50.2 Å². The SMILES string of the molecule is CN.O=Cc1nnc(SC2CCCNC2)c2cc(-c3cccc(F)c3)sc12. The number of thioether (sulfide) groups is 1. The second-order valence-electron chi connectivity index (χ2n) is 5.96. The first-order valence-corrected chi connectivity index (χ1v) is 10.4. The minimum atomic E-state index is -0.273. The van der Waals surface area contributed by atoms with Gasteiger partial charge in [0.1, 0.15) is 16.5 Å². The van der Waals surface area contributed by atoms with Crippen molar-refractivity contribution in [2.45, 2.75) is 23.1 Å². The first kappa shape index (κ1) is 19.9. The number of aromatic nitrogens is 2. The van der Waals surface area contributed by atoms with Crippen LogP contribution in [0.15, 0.2) is 35.4 Å². The molecule has 8 heteroatoms. The topological polar surface area (TPSA) is 80.9 Å². The number of rotatable bonds is 4. The van der Waals surface area contributed by atoms with Crippen LogP contribution in [0.1, 0.15) is 23.3 Å². The van der Waals surface area contributed by atoms with Gasteiger partial charge in [0.15, 0.2) is 6.29 Å². The minimum Gasteiger partial charge on any atom is -0.333 e. The van der Waals surface area contributed by atoms with Gasteiger partial charge in [0.25, 0.3) is 0 Å². The number of aldehydes is 1. The Kier molecular flexibility index (Phi) is 6.89. The molecule has 4 rings (SSSR count). The fourth-order valence-corrected chi connectivity index (χ4v) is 5.31. The first-order chi connectivity index (χ1) is 13.2. The van der Waals surface area contributed by atoms with Gasteiger partial charge < -0.3 is 11.1 Å². The van der Waals surface area contributed by atoms with E-state index in [9.17, 15) is 9.18 Å². The van der Waals surface area contributed by atoms with Gasteiger partial charge >= 0.3 is 0 Å². The summed E-state index contributed by atoms with van der Waals surface area (Å²) in [6.45, 7) is 2.01. The van der Waals surface area contributed by atoms with E-state index in [-0.39, 0.29) is 5.82 Å². The summed E-state index contributed by atoms with van der Waals surface area (Å²) in [7, 11) is 1.50. The fraction of sp³-hybridized carbons (Fsp3) is 0.316. The highest BCUT2D eigenvalue weighted by molar-refractivity contribution is 8.00. The molecule has 27 heavy (non-hydrogen) atoms. The van der Waals surface area contributed by atoms with E-state index in [1.807, 2.05) is 12.1 Å². The molecule has 1 saturated heterocycles. The molecular weight excluding hydrogens is 383 g/mol. The number of carbonyl (C=O) groups is 1. The third-order valence-electron chi connectivity index (χ3n) is 4.19. The molecule has 142 valence electrons. The van der Waals surface area contributed by atoms with Crippen molar-refractivity contribution >= 4 is 39.5 Å². The smallest absolute Gasteiger partial charge is 0.171 e. The summed E-state index contributed by atoms with van der Waals surface area (Å²) in [5.74, 6) is -0.273. The molecular formula is C19H21FN4OS2. The Morgan fingerprint density at radius 2 is 2.19 bits per heavy atom. The predicted octanol–water partition coefficient (Wildman–Crippen LogP) is 3.73. The molecule has 3 N–H and O–H groups in total. The second kappa shape index (κ2) is 9.36. The van der Waals surface area contributed by atoms with E-state index in [2.05, 4.69) is 21.2 Å². The van der Waals surface area contributed by atoms with Crippen molar-refractivity contribution in [1.82, 2.24) is 15.5 Å². The molecule has 0 radical (unpaired) electrons. The summed E-state index contributed by atoms with van der Waals surface area (Å²) in [5, 5.41) is 14.0. The number of carbonyl (C=O) groups excluding carboxylic acids is 1. The lowest BCUT2D eigenvalue weighted by molar-refractivity contribution is 0.111. The van der Waals surface area contributed by atoms with Crippen LogP contribution in [0.3, 0.4) is 0 Å². The van der Waals surface area contributed by atoms with Crippen LogP contribution in [0.5, 0.6) is 0 Å². The zero-order chi connectivity index (χ0) is 19.2. The lowest BCUT2D eigenvalue weighted by Gasteiger charge is -2.21. The van der Waals surface area contributed by atoms with E-state index < -0.39 is 0 Å². The maximum atomic E-state index is 13.6. The molecule has 1 aliphatic heterocycles. The average molecular weight is 405 g/mol. The Hall–Kier alpha value is -1.87. The largest absolute Gasteiger partial charge is 0.333 e. The quantitative estimate of drug-likeness (QED) is 0.645. The molecule has 0 amide bonds. The molecule has 0 spiro atoms. The molecule has 1 aromatic carbocycles. The van der Waals surface area contributed by atoms with Crippen LogP contribution < -0.4 is 11.1 Å². The van der Waals surface area contributed by atoms with Crippen molar-refractivity contribution in [3.63, 3.8) is 0 Å². The predicted molar refractivity (Wildman–Crippen MR) is 110 cm³/mol. The van der Waals surface area contributed by atoms with E-state index in [0.29, 0.717) is 10.9 Å². The van der Waals surface area contributed by atoms with Crippen LogP contribution in [0.2, 0.25) is 0 Å². The standard InChI is InChI=1S/C18H16FN3OS2.CH5N/c19-12-4-1-3-11(7-12)16-8-14-17(25-16)15(10-23)21-22-18(14)24-13-5-2-6-20-9-13;1-2/h1,3-4,7-8,10,13,20H,2,5-6,9H2;2H2,1H3. The zero-order valence-electron chi connectivity index (χ0n) is 14.9. The first-order valence-electron chi connectivity index (χ1n) is 8.71. The Balaban J connectivity index is 0.00000102. The highest BCUT2D eigenvalue weighted by Crippen LogP contribution is 2.39. The van der Waals surface area contributed by atoms with E-state index in [1.54, 1.807) is 17.8 Å². The Morgan fingerprint density at radius 3 is 2.89 bits per heavy atom. The van der Waals surface area contributed by atoms with Crippen molar-refractivity contribution in [2.24, 2.45) is 5.73 Å². The summed E-state index contributed by atoms with van der Waals surface area (Å²) < 4.78 is 14.4. The molecule has 1 atom stereocenters. The molecule has 1 unspecified atom stereocenters. The molecule has 0 bridgehead atoms. The van der Waals surface area contributed by atoms with Crippen molar-refractivity contribution in [2.75, 3.05) is 20.1 Å². The summed E-state index contributed by atoms with van der Waals surface area (Å²) in [4.78, 5) is 12.3. The number of fused-ring (bicyclic) bond motifs is 1. The second-order valence-corrected chi connectivity index (χ2v) is 8.30. The third kappa shape index (κ3) is 4.52. The van der Waals surface area contributed by atoms with Gasteiger partial charge in [-0.3, -0.25) is 4.79 Å². The average Bonchev–Trinajstić information content (AvgIpc) is 3.17. The molecule has 3 heterocycles. The van der Waals surface area contributed by atoms with Gasteiger partial charge in [0.05, 0.1) is 4.70 Å². The Bertz CT molecular complexity index is 925. The number of hydrogen-bond donors (Lipinski definition) is 2. The third-order valence-corrected chi connectivity index (χ3v) is 6.66. The van der Waals surface area contributed by atoms with E-state index in [0.717, 1.165) is 57.8 Å². The van der Waals surface area contributed by atoms with E-state index in [1.165, 1.54) is 30.5 Å². The van der Waals surface area contributed by atoms with Crippen LogP contribution in [0.25, 0.3) is 20.5 Å². The number of nitrogens with two attached hydrogens (primary N) is 1. The molecule has 5 nitrogen and oxygen atoms in total. The maximum absolute atomic E-state index is 13.6. The van der Waals surface area contributed by atoms with Gasteiger partial charge in [-0.25, -0.2) is 4.39 Å². The molecule has 0 aliphatic carbocycles. The van der Waals surface area contributed by atoms with Crippen molar-refractivity contribution in [3.05, 3.63) is 41.8 Å². The highest BCUT2D eigenvalue weighted by Gasteiger charge is 2.20. The van der Waals surface area contributed by atoms with Crippen molar-refractivity contribution in [1.29, 1.82) is 0 Å². The Labute approximate surface area is 165 Å². The summed E-state index contributed by atoms with van der Waals surface area (Å²) in [6, 6.07) is 8.48. The number of thiophene rings is 1. The fourth-order valence-electron chi connectivity index (χ4n) is 2.97. The van der Waals surface area contributed by atoms with Gasteiger partial charge in [-0.1, -0.05) is 23.9 Å². The molecule has 3 aromatic rings. The molecule has 0 saturated carbocycles. The number of piperidine rings is 1. The summed E-state index contributed by atoms with van der Waals surface area (Å²) in [5.41, 5.74) is 5.64. The number of nitrogens with zero attached hydrogens (tertiary/aromatic N) is 2. The maximum Gasteiger partial charge on any atom is 0.171 e. The molecule has 1 fully saturated rings. The lowest BCUT2D eigenvalue weighted by Crippen LogP contribution is -2.31. The number of halogens is 1. The van der Waals surface area contributed by atoms with Crippen LogP contribution in [0.4, 0.5) is 4.39 Å². The van der Waals surface area contributed by atoms with Gasteiger partial charge in [-0.2, -0.15) is 0 Å². The minimum absolute atomic E-state index is 0.273.